The Kier molecular flexibility index (Phi) is 6.10. The standard InChI is InChI=1S/C22H29N3O3S/c1-17-16-24(21(26)15-18-9-11-23-12-10-18)13-14-25(17)29(27,28)20-7-5-19(6-8-20)22(2,3)4/h5-12,17H,13-16H2,1-4H3. The Labute approximate surface area is 173 Å². The summed E-state index contributed by atoms with van der Waals surface area (Å²) in [7, 11) is -3.59. The molecule has 1 amide bonds. The van der Waals surface area contributed by atoms with Gasteiger partial charge >= 0.3 is 0 Å². The number of piperazine rings is 1. The smallest absolute Gasteiger partial charge is 0.243 e. The molecule has 1 aromatic heterocycles. The van der Waals surface area contributed by atoms with Gasteiger partial charge in [-0.25, -0.2) is 8.42 Å². The van der Waals surface area contributed by atoms with Crippen LogP contribution in [-0.2, 0) is 26.7 Å². The fourth-order valence-corrected chi connectivity index (χ4v) is 5.19. The lowest BCUT2D eigenvalue weighted by molar-refractivity contribution is -0.132. The molecule has 0 saturated carbocycles. The molecule has 0 N–H and O–H groups in total. The molecular formula is C22H29N3O3S. The SMILES string of the molecule is CC1CN(C(=O)Cc2ccncc2)CCN1S(=O)(=O)c1ccc(C(C)(C)C)cc1. The van der Waals surface area contributed by atoms with E-state index in [1.165, 1.54) is 4.31 Å². The van der Waals surface area contributed by atoms with Crippen LogP contribution in [0.1, 0.15) is 38.8 Å². The zero-order valence-electron chi connectivity index (χ0n) is 17.5. The largest absolute Gasteiger partial charge is 0.339 e. The number of benzene rings is 1. The summed E-state index contributed by atoms with van der Waals surface area (Å²) in [5.41, 5.74) is 1.97. The molecule has 3 rings (SSSR count). The molecule has 1 aliphatic heterocycles. The molecular weight excluding hydrogens is 386 g/mol. The number of carbonyl (C=O) groups is 1. The minimum Gasteiger partial charge on any atom is -0.339 e. The van der Waals surface area contributed by atoms with Crippen LogP contribution in [0.5, 0.6) is 0 Å². The van der Waals surface area contributed by atoms with Gasteiger partial charge in [0.25, 0.3) is 0 Å². The molecule has 2 heterocycles. The van der Waals surface area contributed by atoms with Crippen LogP contribution in [0.4, 0.5) is 0 Å². The number of aromatic nitrogens is 1. The number of sulfonamides is 1. The van der Waals surface area contributed by atoms with Crippen molar-refractivity contribution in [2.75, 3.05) is 19.6 Å². The first kappa shape index (κ1) is 21.5. The van der Waals surface area contributed by atoms with Crippen LogP contribution in [-0.4, -0.2) is 54.2 Å². The maximum absolute atomic E-state index is 13.1. The predicted octanol–water partition coefficient (Wildman–Crippen LogP) is 2.84. The van der Waals surface area contributed by atoms with Crippen LogP contribution in [0.3, 0.4) is 0 Å². The first-order chi connectivity index (χ1) is 13.6. The monoisotopic (exact) mass is 415 g/mol. The molecule has 7 heteroatoms. The lowest BCUT2D eigenvalue weighted by Gasteiger charge is -2.39. The molecule has 1 unspecified atom stereocenters. The van der Waals surface area contributed by atoms with Gasteiger partial charge < -0.3 is 4.90 Å². The zero-order chi connectivity index (χ0) is 21.2. The van der Waals surface area contributed by atoms with E-state index in [1.54, 1.807) is 29.4 Å². The number of rotatable bonds is 4. The number of hydrogen-bond donors (Lipinski definition) is 0. The van der Waals surface area contributed by atoms with Gasteiger partial charge in [-0.2, -0.15) is 4.31 Å². The van der Waals surface area contributed by atoms with E-state index in [9.17, 15) is 13.2 Å². The predicted molar refractivity (Wildman–Crippen MR) is 113 cm³/mol. The molecule has 2 aromatic rings. The molecule has 1 atom stereocenters. The van der Waals surface area contributed by atoms with E-state index >= 15 is 0 Å². The van der Waals surface area contributed by atoms with Crippen molar-refractivity contribution in [3.63, 3.8) is 0 Å². The highest BCUT2D eigenvalue weighted by Gasteiger charge is 2.35. The summed E-state index contributed by atoms with van der Waals surface area (Å²) in [5, 5.41) is 0. The first-order valence-corrected chi connectivity index (χ1v) is 11.3. The Balaban J connectivity index is 1.69. The normalized spacial score (nSPS) is 18.6. The van der Waals surface area contributed by atoms with Gasteiger partial charge in [-0.15, -0.1) is 0 Å². The van der Waals surface area contributed by atoms with Gasteiger partial charge in [0.2, 0.25) is 15.9 Å². The zero-order valence-corrected chi connectivity index (χ0v) is 18.3. The molecule has 0 aliphatic carbocycles. The number of amides is 1. The van der Waals surface area contributed by atoms with E-state index < -0.39 is 10.0 Å². The van der Waals surface area contributed by atoms with Crippen LogP contribution < -0.4 is 0 Å². The highest BCUT2D eigenvalue weighted by Crippen LogP contribution is 2.26. The third-order valence-electron chi connectivity index (χ3n) is 5.35. The van der Waals surface area contributed by atoms with Crippen LogP contribution in [0.15, 0.2) is 53.7 Å². The molecule has 0 spiro atoms. The molecule has 1 aromatic carbocycles. The summed E-state index contributed by atoms with van der Waals surface area (Å²) in [5.74, 6) is 0.00891. The highest BCUT2D eigenvalue weighted by molar-refractivity contribution is 7.89. The topological polar surface area (TPSA) is 70.6 Å². The van der Waals surface area contributed by atoms with Crippen molar-refractivity contribution in [3.8, 4) is 0 Å². The van der Waals surface area contributed by atoms with Crippen molar-refractivity contribution < 1.29 is 13.2 Å². The summed E-state index contributed by atoms with van der Waals surface area (Å²) in [6.07, 6.45) is 3.64. The van der Waals surface area contributed by atoms with Crippen LogP contribution in [0.25, 0.3) is 0 Å². The fourth-order valence-electron chi connectivity index (χ4n) is 3.57. The van der Waals surface area contributed by atoms with Crippen molar-refractivity contribution in [1.29, 1.82) is 0 Å². The van der Waals surface area contributed by atoms with Gasteiger partial charge in [0.1, 0.15) is 0 Å². The Morgan fingerprint density at radius 3 is 2.24 bits per heavy atom. The maximum atomic E-state index is 13.1. The minimum absolute atomic E-state index is 0.00891. The van der Waals surface area contributed by atoms with Gasteiger partial charge in [-0.05, 0) is 47.7 Å². The van der Waals surface area contributed by atoms with E-state index in [-0.39, 0.29) is 17.4 Å². The van der Waals surface area contributed by atoms with Crippen molar-refractivity contribution in [2.24, 2.45) is 0 Å². The second-order valence-electron chi connectivity index (χ2n) is 8.61. The molecule has 6 nitrogen and oxygen atoms in total. The lowest BCUT2D eigenvalue weighted by Crippen LogP contribution is -2.55. The van der Waals surface area contributed by atoms with Crippen LogP contribution in [0, 0.1) is 0 Å². The molecule has 0 bridgehead atoms. The molecule has 156 valence electrons. The second kappa shape index (κ2) is 8.24. The highest BCUT2D eigenvalue weighted by atomic mass is 32.2. The van der Waals surface area contributed by atoms with Crippen molar-refractivity contribution in [1.82, 2.24) is 14.2 Å². The molecule has 0 radical (unpaired) electrons. The third-order valence-corrected chi connectivity index (χ3v) is 7.38. The molecule has 29 heavy (non-hydrogen) atoms. The summed E-state index contributed by atoms with van der Waals surface area (Å²) >= 11 is 0. The molecule has 1 fully saturated rings. The Hall–Kier alpha value is -2.25. The van der Waals surface area contributed by atoms with E-state index in [2.05, 4.69) is 25.8 Å². The van der Waals surface area contributed by atoms with Crippen LogP contribution in [0.2, 0.25) is 0 Å². The summed E-state index contributed by atoms with van der Waals surface area (Å²) in [4.78, 5) is 18.6. The van der Waals surface area contributed by atoms with Gasteiger partial charge in [0, 0.05) is 38.1 Å². The summed E-state index contributed by atoms with van der Waals surface area (Å²) in [6.45, 7) is 9.23. The van der Waals surface area contributed by atoms with Gasteiger partial charge in [-0.3, -0.25) is 9.78 Å². The molecule has 1 aliphatic rings. The minimum atomic E-state index is -3.59. The van der Waals surface area contributed by atoms with E-state index in [0.717, 1.165) is 11.1 Å². The van der Waals surface area contributed by atoms with E-state index in [4.69, 9.17) is 0 Å². The van der Waals surface area contributed by atoms with E-state index in [1.807, 2.05) is 31.2 Å². The average molecular weight is 416 g/mol. The van der Waals surface area contributed by atoms with Gasteiger partial charge in [-0.1, -0.05) is 32.9 Å². The Morgan fingerprint density at radius 2 is 1.69 bits per heavy atom. The maximum Gasteiger partial charge on any atom is 0.243 e. The van der Waals surface area contributed by atoms with Crippen molar-refractivity contribution in [3.05, 3.63) is 59.9 Å². The van der Waals surface area contributed by atoms with Crippen molar-refractivity contribution >= 4 is 15.9 Å². The fraction of sp³-hybridized carbons (Fsp3) is 0.455. The van der Waals surface area contributed by atoms with E-state index in [0.29, 0.717) is 31.0 Å². The average Bonchev–Trinajstić information content (AvgIpc) is 2.68. The lowest BCUT2D eigenvalue weighted by atomic mass is 9.87. The quantitative estimate of drug-likeness (QED) is 0.770. The Bertz CT molecular complexity index is 951. The third kappa shape index (κ3) is 4.85. The summed E-state index contributed by atoms with van der Waals surface area (Å²) in [6, 6.07) is 10.5. The number of nitrogens with zero attached hydrogens (tertiary/aromatic N) is 3. The van der Waals surface area contributed by atoms with Crippen LogP contribution >= 0.6 is 0 Å². The Morgan fingerprint density at radius 1 is 1.07 bits per heavy atom. The number of hydrogen-bond acceptors (Lipinski definition) is 4. The van der Waals surface area contributed by atoms with Crippen molar-refractivity contribution in [2.45, 2.75) is 50.5 Å². The molecule has 1 saturated heterocycles. The summed E-state index contributed by atoms with van der Waals surface area (Å²) < 4.78 is 27.8. The van der Waals surface area contributed by atoms with Gasteiger partial charge in [0.05, 0.1) is 11.3 Å². The second-order valence-corrected chi connectivity index (χ2v) is 10.5. The number of carbonyl (C=O) groups excluding carboxylic acids is 1. The number of pyridine rings is 1. The first-order valence-electron chi connectivity index (χ1n) is 9.88. The van der Waals surface area contributed by atoms with Gasteiger partial charge in [0.15, 0.2) is 0 Å².